The fourth-order valence-corrected chi connectivity index (χ4v) is 3.04. The summed E-state index contributed by atoms with van der Waals surface area (Å²) in [7, 11) is 0. The van der Waals surface area contributed by atoms with Crippen LogP contribution in [0.1, 0.15) is 61.6 Å². The lowest BCUT2D eigenvalue weighted by Crippen LogP contribution is -2.34. The molecular formula is C14H22BrN3O2. The number of carbonyl (C=O) groups excluding carboxylic acids is 1. The van der Waals surface area contributed by atoms with E-state index in [0.29, 0.717) is 24.2 Å². The van der Waals surface area contributed by atoms with Crippen LogP contribution in [0.5, 0.6) is 0 Å². The quantitative estimate of drug-likeness (QED) is 0.747. The van der Waals surface area contributed by atoms with Crippen LogP contribution in [-0.2, 0) is 0 Å². The van der Waals surface area contributed by atoms with E-state index in [4.69, 9.17) is 5.11 Å². The Bertz CT molecular complexity index is 469. The number of aromatic nitrogens is 2. The maximum atomic E-state index is 12.6. The predicted octanol–water partition coefficient (Wildman–Crippen LogP) is 2.67. The van der Waals surface area contributed by atoms with Crippen LogP contribution in [0.25, 0.3) is 0 Å². The monoisotopic (exact) mass is 343 g/mol. The average Bonchev–Trinajstić information content (AvgIpc) is 3.16. The van der Waals surface area contributed by atoms with Gasteiger partial charge in [0.05, 0.1) is 10.2 Å². The number of aliphatic hydroxyl groups is 1. The van der Waals surface area contributed by atoms with Crippen LogP contribution in [0, 0.1) is 0 Å². The number of aromatic amines is 1. The second-order valence-corrected chi connectivity index (χ2v) is 6.41. The molecule has 1 amide bonds. The molecule has 5 nitrogen and oxygen atoms in total. The van der Waals surface area contributed by atoms with Crippen molar-refractivity contribution < 1.29 is 9.90 Å². The van der Waals surface area contributed by atoms with Crippen LogP contribution in [-0.4, -0.2) is 45.3 Å². The molecule has 1 aromatic rings. The molecule has 2 N–H and O–H groups in total. The molecule has 1 aliphatic carbocycles. The molecule has 1 heterocycles. The van der Waals surface area contributed by atoms with Gasteiger partial charge >= 0.3 is 0 Å². The second kappa shape index (κ2) is 6.72. The van der Waals surface area contributed by atoms with Gasteiger partial charge in [0.1, 0.15) is 0 Å². The molecule has 0 saturated heterocycles. The Morgan fingerprint density at radius 3 is 2.70 bits per heavy atom. The van der Waals surface area contributed by atoms with Crippen molar-refractivity contribution in [2.24, 2.45) is 0 Å². The zero-order chi connectivity index (χ0) is 14.7. The Balaban J connectivity index is 2.11. The average molecular weight is 344 g/mol. The molecule has 0 radical (unpaired) electrons. The molecule has 112 valence electrons. The van der Waals surface area contributed by atoms with E-state index < -0.39 is 0 Å². The van der Waals surface area contributed by atoms with Crippen LogP contribution in [0.4, 0.5) is 0 Å². The van der Waals surface area contributed by atoms with Gasteiger partial charge in [-0.2, -0.15) is 5.10 Å². The molecule has 0 aromatic carbocycles. The normalized spacial score (nSPS) is 14.8. The van der Waals surface area contributed by atoms with E-state index in [-0.39, 0.29) is 12.5 Å². The zero-order valence-corrected chi connectivity index (χ0v) is 13.6. The summed E-state index contributed by atoms with van der Waals surface area (Å²) in [5.74, 6) is 0.280. The van der Waals surface area contributed by atoms with Crippen molar-refractivity contribution in [3.63, 3.8) is 0 Å². The van der Waals surface area contributed by atoms with Crippen LogP contribution in [0.3, 0.4) is 0 Å². The number of carbonyl (C=O) groups is 1. The highest BCUT2D eigenvalue weighted by atomic mass is 79.9. The molecule has 0 aliphatic heterocycles. The summed E-state index contributed by atoms with van der Waals surface area (Å²) >= 11 is 3.49. The molecule has 1 saturated carbocycles. The number of hydrogen-bond donors (Lipinski definition) is 2. The van der Waals surface area contributed by atoms with E-state index in [2.05, 4.69) is 40.0 Å². The number of halogens is 1. The number of aliphatic hydroxyl groups excluding tert-OH is 1. The maximum Gasteiger partial charge on any atom is 0.275 e. The van der Waals surface area contributed by atoms with Gasteiger partial charge in [0.15, 0.2) is 5.69 Å². The van der Waals surface area contributed by atoms with Gasteiger partial charge in [-0.25, -0.2) is 0 Å². The Hall–Kier alpha value is -0.880. The lowest BCUT2D eigenvalue weighted by Gasteiger charge is -2.21. The highest BCUT2D eigenvalue weighted by molar-refractivity contribution is 9.10. The summed E-state index contributed by atoms with van der Waals surface area (Å²) in [6.07, 6.45) is 3.71. The van der Waals surface area contributed by atoms with Crippen molar-refractivity contribution in [3.05, 3.63) is 15.9 Å². The fraction of sp³-hybridized carbons (Fsp3) is 0.714. The number of H-pyrrole nitrogens is 1. The van der Waals surface area contributed by atoms with E-state index in [9.17, 15) is 4.79 Å². The van der Waals surface area contributed by atoms with Crippen LogP contribution >= 0.6 is 15.9 Å². The van der Waals surface area contributed by atoms with Gasteiger partial charge < -0.3 is 10.0 Å². The minimum Gasteiger partial charge on any atom is -0.396 e. The first-order valence-electron chi connectivity index (χ1n) is 7.21. The highest BCUT2D eigenvalue weighted by Crippen LogP contribution is 2.31. The number of amides is 1. The topological polar surface area (TPSA) is 69.2 Å². The van der Waals surface area contributed by atoms with Crippen LogP contribution in [0.15, 0.2) is 4.47 Å². The summed E-state index contributed by atoms with van der Waals surface area (Å²) < 4.78 is 0.783. The smallest absolute Gasteiger partial charge is 0.275 e. The van der Waals surface area contributed by atoms with Crippen molar-refractivity contribution in [1.82, 2.24) is 15.1 Å². The lowest BCUT2D eigenvalue weighted by molar-refractivity contribution is 0.0730. The Morgan fingerprint density at radius 2 is 2.20 bits per heavy atom. The number of nitrogens with zero attached hydrogens (tertiary/aromatic N) is 2. The Kier molecular flexibility index (Phi) is 5.21. The molecule has 20 heavy (non-hydrogen) atoms. The molecule has 0 spiro atoms. The molecule has 6 heteroatoms. The van der Waals surface area contributed by atoms with Gasteiger partial charge in [0.25, 0.3) is 5.91 Å². The first kappa shape index (κ1) is 15.5. The molecule has 2 rings (SSSR count). The molecule has 1 aliphatic rings. The summed E-state index contributed by atoms with van der Waals surface area (Å²) in [5.41, 5.74) is 1.43. The third-order valence-electron chi connectivity index (χ3n) is 3.57. The molecular weight excluding hydrogens is 322 g/mol. The SMILES string of the molecule is CC(C)c1[nH]nc(C(=O)N(CCCCO)C2CC2)c1Br. The molecule has 1 aromatic heterocycles. The number of unbranched alkanes of at least 4 members (excludes halogenated alkanes) is 1. The molecule has 0 unspecified atom stereocenters. The van der Waals surface area contributed by atoms with Gasteiger partial charge in [-0.15, -0.1) is 0 Å². The van der Waals surface area contributed by atoms with Crippen LogP contribution in [0.2, 0.25) is 0 Å². The second-order valence-electron chi connectivity index (χ2n) is 5.62. The third-order valence-corrected chi connectivity index (χ3v) is 4.37. The Labute approximate surface area is 127 Å². The van der Waals surface area contributed by atoms with Crippen molar-refractivity contribution in [1.29, 1.82) is 0 Å². The van der Waals surface area contributed by atoms with Crippen molar-refractivity contribution in [2.75, 3.05) is 13.2 Å². The van der Waals surface area contributed by atoms with Crippen molar-refractivity contribution in [2.45, 2.75) is 51.5 Å². The van der Waals surface area contributed by atoms with Gasteiger partial charge in [-0.3, -0.25) is 9.89 Å². The third kappa shape index (κ3) is 3.41. The van der Waals surface area contributed by atoms with Crippen molar-refractivity contribution in [3.8, 4) is 0 Å². The van der Waals surface area contributed by atoms with Crippen molar-refractivity contribution >= 4 is 21.8 Å². The van der Waals surface area contributed by atoms with E-state index in [0.717, 1.165) is 35.8 Å². The fourth-order valence-electron chi connectivity index (χ4n) is 2.23. The number of rotatable bonds is 7. The predicted molar refractivity (Wildman–Crippen MR) is 80.8 cm³/mol. The minimum atomic E-state index is -0.0135. The first-order chi connectivity index (χ1) is 9.56. The zero-order valence-electron chi connectivity index (χ0n) is 12.0. The van der Waals surface area contributed by atoms with Gasteiger partial charge in [0, 0.05) is 19.2 Å². The summed E-state index contributed by atoms with van der Waals surface area (Å²) in [6.45, 7) is 5.00. The number of nitrogens with one attached hydrogen (secondary N) is 1. The van der Waals surface area contributed by atoms with Crippen LogP contribution < -0.4 is 0 Å². The maximum absolute atomic E-state index is 12.6. The van der Waals surface area contributed by atoms with Gasteiger partial charge in [-0.1, -0.05) is 13.8 Å². The molecule has 0 atom stereocenters. The minimum absolute atomic E-state index is 0.0135. The molecule has 0 bridgehead atoms. The van der Waals surface area contributed by atoms with E-state index >= 15 is 0 Å². The largest absolute Gasteiger partial charge is 0.396 e. The first-order valence-corrected chi connectivity index (χ1v) is 8.01. The lowest BCUT2D eigenvalue weighted by atomic mass is 10.1. The van der Waals surface area contributed by atoms with E-state index in [1.807, 2.05) is 4.90 Å². The summed E-state index contributed by atoms with van der Waals surface area (Å²) in [4.78, 5) is 14.5. The van der Waals surface area contributed by atoms with Gasteiger partial charge in [-0.05, 0) is 47.5 Å². The highest BCUT2D eigenvalue weighted by Gasteiger charge is 2.34. The van der Waals surface area contributed by atoms with E-state index in [1.165, 1.54) is 0 Å². The number of hydrogen-bond acceptors (Lipinski definition) is 3. The summed E-state index contributed by atoms with van der Waals surface area (Å²) in [6, 6.07) is 0.354. The Morgan fingerprint density at radius 1 is 1.50 bits per heavy atom. The standard InChI is InChI=1S/C14H22BrN3O2/c1-9(2)12-11(15)13(17-16-12)14(20)18(10-5-6-10)7-3-4-8-19/h9-10,19H,3-8H2,1-2H3,(H,16,17). The van der Waals surface area contributed by atoms with Gasteiger partial charge in [0.2, 0.25) is 0 Å². The molecule has 1 fully saturated rings. The van der Waals surface area contributed by atoms with E-state index in [1.54, 1.807) is 0 Å². The summed E-state index contributed by atoms with van der Waals surface area (Å²) in [5, 5.41) is 16.0.